The van der Waals surface area contributed by atoms with E-state index in [-0.39, 0.29) is 0 Å². The molecule has 1 aliphatic heterocycles. The van der Waals surface area contributed by atoms with Crippen LogP contribution in [0.15, 0.2) is 36.0 Å². The summed E-state index contributed by atoms with van der Waals surface area (Å²) in [6.45, 7) is 2.71. The Hall–Kier alpha value is -1.78. The normalized spacial score (nSPS) is 16.2. The number of nitrogens with zero attached hydrogens (tertiary/aromatic N) is 1. The summed E-state index contributed by atoms with van der Waals surface area (Å²) < 4.78 is 36.6. The molecule has 0 unspecified atom stereocenters. The van der Waals surface area contributed by atoms with Crippen LogP contribution < -0.4 is 0 Å². The maximum absolute atomic E-state index is 12.2. The molecule has 2 nitrogen and oxygen atoms in total. The average molecular weight is 269 g/mol. The summed E-state index contributed by atoms with van der Waals surface area (Å²) in [5.74, 6) is -1.80. The van der Waals surface area contributed by atoms with Crippen molar-refractivity contribution in [2.45, 2.75) is 26.1 Å². The number of fused-ring (bicyclic) bond motifs is 1. The van der Waals surface area contributed by atoms with E-state index in [9.17, 15) is 18.0 Å². The number of carbonyl (C=O) groups excluding carboxylic acids is 1. The number of rotatable bonds is 2. The lowest BCUT2D eigenvalue weighted by molar-refractivity contribution is -0.165. The zero-order valence-corrected chi connectivity index (χ0v) is 10.5. The van der Waals surface area contributed by atoms with Crippen molar-refractivity contribution in [3.8, 4) is 0 Å². The molecule has 0 aliphatic carbocycles. The fourth-order valence-corrected chi connectivity index (χ4v) is 2.16. The molecule has 0 spiro atoms. The van der Waals surface area contributed by atoms with E-state index in [0.717, 1.165) is 12.0 Å². The molecule has 1 heterocycles. The zero-order valence-electron chi connectivity index (χ0n) is 10.5. The fraction of sp³-hybridized carbons (Fsp3) is 0.357. The second-order valence-electron chi connectivity index (χ2n) is 4.59. The molecule has 0 bridgehead atoms. The van der Waals surface area contributed by atoms with Gasteiger partial charge in [-0.1, -0.05) is 24.3 Å². The standard InChI is InChI=1S/C14H14F3NO/c1-10(8-13(19)14(15,16)17)18-7-6-11-4-2-3-5-12(11)9-18/h2-5,8H,6-7,9H2,1H3. The van der Waals surface area contributed by atoms with E-state index in [2.05, 4.69) is 0 Å². The highest BCUT2D eigenvalue weighted by atomic mass is 19.4. The molecule has 0 amide bonds. The Bertz CT molecular complexity index is 520. The molecule has 0 N–H and O–H groups in total. The van der Waals surface area contributed by atoms with Crippen molar-refractivity contribution in [1.82, 2.24) is 4.90 Å². The third-order valence-corrected chi connectivity index (χ3v) is 3.25. The molecule has 0 saturated heterocycles. The first-order valence-corrected chi connectivity index (χ1v) is 5.99. The summed E-state index contributed by atoms with van der Waals surface area (Å²) in [5, 5.41) is 0. The van der Waals surface area contributed by atoms with Crippen LogP contribution in [0.1, 0.15) is 18.1 Å². The summed E-state index contributed by atoms with van der Waals surface area (Å²) in [6, 6.07) is 7.83. The number of benzene rings is 1. The van der Waals surface area contributed by atoms with Crippen molar-refractivity contribution in [2.24, 2.45) is 0 Å². The van der Waals surface area contributed by atoms with Crippen molar-refractivity contribution in [2.75, 3.05) is 6.54 Å². The minimum absolute atomic E-state index is 0.358. The summed E-state index contributed by atoms with van der Waals surface area (Å²) in [4.78, 5) is 12.7. The summed E-state index contributed by atoms with van der Waals surface area (Å²) >= 11 is 0. The van der Waals surface area contributed by atoms with Gasteiger partial charge in [-0.3, -0.25) is 4.79 Å². The average Bonchev–Trinajstić information content (AvgIpc) is 2.37. The number of hydrogen-bond acceptors (Lipinski definition) is 2. The SMILES string of the molecule is CC(=CC(=O)C(F)(F)F)N1CCc2ccccc2C1. The Morgan fingerprint density at radius 2 is 1.89 bits per heavy atom. The van der Waals surface area contributed by atoms with Gasteiger partial charge < -0.3 is 4.90 Å². The molecule has 1 aliphatic rings. The van der Waals surface area contributed by atoms with Gasteiger partial charge in [0.15, 0.2) is 0 Å². The third-order valence-electron chi connectivity index (χ3n) is 3.25. The Kier molecular flexibility index (Phi) is 3.64. The quantitative estimate of drug-likeness (QED) is 0.769. The Labute approximate surface area is 109 Å². The van der Waals surface area contributed by atoms with Crippen molar-refractivity contribution in [3.63, 3.8) is 0 Å². The van der Waals surface area contributed by atoms with Crippen molar-refractivity contribution in [3.05, 3.63) is 47.2 Å². The van der Waals surface area contributed by atoms with E-state index in [0.29, 0.717) is 24.9 Å². The van der Waals surface area contributed by atoms with Gasteiger partial charge in [0.1, 0.15) is 0 Å². The highest BCUT2D eigenvalue weighted by molar-refractivity contribution is 5.94. The van der Waals surface area contributed by atoms with E-state index in [4.69, 9.17) is 0 Å². The molecule has 1 aromatic rings. The monoisotopic (exact) mass is 269 g/mol. The smallest absolute Gasteiger partial charge is 0.370 e. The second kappa shape index (κ2) is 5.07. The van der Waals surface area contributed by atoms with E-state index >= 15 is 0 Å². The molecule has 102 valence electrons. The van der Waals surface area contributed by atoms with Crippen LogP contribution >= 0.6 is 0 Å². The maximum Gasteiger partial charge on any atom is 0.454 e. The van der Waals surface area contributed by atoms with Crippen molar-refractivity contribution >= 4 is 5.78 Å². The molecule has 0 atom stereocenters. The Balaban J connectivity index is 2.13. The number of allylic oxidation sites excluding steroid dienone is 2. The van der Waals surface area contributed by atoms with Gasteiger partial charge in [-0.2, -0.15) is 13.2 Å². The molecular weight excluding hydrogens is 255 g/mol. The summed E-state index contributed by atoms with van der Waals surface area (Å²) in [6.07, 6.45) is -3.34. The lowest BCUT2D eigenvalue weighted by Crippen LogP contribution is -2.30. The van der Waals surface area contributed by atoms with E-state index in [1.165, 1.54) is 12.5 Å². The number of halogens is 3. The highest BCUT2D eigenvalue weighted by Crippen LogP contribution is 2.23. The molecule has 0 saturated carbocycles. The number of alkyl halides is 3. The van der Waals surface area contributed by atoms with Gasteiger partial charge in [-0.05, 0) is 24.5 Å². The molecule has 2 rings (SSSR count). The highest BCUT2D eigenvalue weighted by Gasteiger charge is 2.36. The van der Waals surface area contributed by atoms with Crippen LogP contribution in [0.5, 0.6) is 0 Å². The van der Waals surface area contributed by atoms with Gasteiger partial charge in [0.25, 0.3) is 5.78 Å². The van der Waals surface area contributed by atoms with E-state index < -0.39 is 12.0 Å². The molecule has 1 aromatic carbocycles. The van der Waals surface area contributed by atoms with Gasteiger partial charge >= 0.3 is 6.18 Å². The predicted octanol–water partition coefficient (Wildman–Crippen LogP) is 3.08. The van der Waals surface area contributed by atoms with Crippen LogP contribution in [0.2, 0.25) is 0 Å². The third kappa shape index (κ3) is 3.16. The van der Waals surface area contributed by atoms with Crippen LogP contribution in [0.3, 0.4) is 0 Å². The van der Waals surface area contributed by atoms with Gasteiger partial charge in [0.2, 0.25) is 0 Å². The van der Waals surface area contributed by atoms with Gasteiger partial charge in [-0.25, -0.2) is 0 Å². The fourth-order valence-electron chi connectivity index (χ4n) is 2.16. The number of hydrogen-bond donors (Lipinski definition) is 0. The van der Waals surface area contributed by atoms with Crippen LogP contribution in [0.25, 0.3) is 0 Å². The predicted molar refractivity (Wildman–Crippen MR) is 65.4 cm³/mol. The topological polar surface area (TPSA) is 20.3 Å². The maximum atomic E-state index is 12.2. The minimum Gasteiger partial charge on any atom is -0.370 e. The van der Waals surface area contributed by atoms with Crippen LogP contribution in [-0.2, 0) is 17.8 Å². The van der Waals surface area contributed by atoms with E-state index in [1.54, 1.807) is 4.90 Å². The molecule has 5 heteroatoms. The first-order chi connectivity index (χ1) is 8.88. The Morgan fingerprint density at radius 3 is 2.53 bits per heavy atom. The van der Waals surface area contributed by atoms with Gasteiger partial charge in [0, 0.05) is 24.9 Å². The van der Waals surface area contributed by atoms with E-state index in [1.807, 2.05) is 24.3 Å². The van der Waals surface area contributed by atoms with Crippen LogP contribution in [0, 0.1) is 0 Å². The van der Waals surface area contributed by atoms with Crippen molar-refractivity contribution < 1.29 is 18.0 Å². The molecule has 19 heavy (non-hydrogen) atoms. The van der Waals surface area contributed by atoms with Gasteiger partial charge in [0.05, 0.1) is 0 Å². The number of ketones is 1. The summed E-state index contributed by atoms with van der Waals surface area (Å²) in [5.41, 5.74) is 2.67. The summed E-state index contributed by atoms with van der Waals surface area (Å²) in [7, 11) is 0. The molecule has 0 aromatic heterocycles. The lowest BCUT2D eigenvalue weighted by atomic mass is 9.99. The first-order valence-electron chi connectivity index (χ1n) is 5.99. The lowest BCUT2D eigenvalue weighted by Gasteiger charge is -2.31. The number of carbonyl (C=O) groups is 1. The molecule has 0 fully saturated rings. The Morgan fingerprint density at radius 1 is 1.26 bits per heavy atom. The van der Waals surface area contributed by atoms with Crippen molar-refractivity contribution in [1.29, 1.82) is 0 Å². The molecule has 0 radical (unpaired) electrons. The van der Waals surface area contributed by atoms with Crippen LogP contribution in [-0.4, -0.2) is 23.4 Å². The molecular formula is C14H14F3NO. The second-order valence-corrected chi connectivity index (χ2v) is 4.59. The minimum atomic E-state index is -4.80. The zero-order chi connectivity index (χ0) is 14.0. The first kappa shape index (κ1) is 13.6. The van der Waals surface area contributed by atoms with Gasteiger partial charge in [-0.15, -0.1) is 0 Å². The van der Waals surface area contributed by atoms with Crippen LogP contribution in [0.4, 0.5) is 13.2 Å². The largest absolute Gasteiger partial charge is 0.454 e.